The molecule has 1 aromatic carbocycles. The first-order valence-electron chi connectivity index (χ1n) is 6.08. The average Bonchev–Trinajstić information content (AvgIpc) is 2.65. The molecule has 1 aliphatic rings. The van der Waals surface area contributed by atoms with Crippen LogP contribution in [0.15, 0.2) is 23.1 Å². The standard InChI is InChI=1S/C11H17N3O4S2/c12-11-9(4-1-5-10(11)20(13,17)18)14-7-8-3-2-6-19(8,15)16/h1,4-5,8,14H,2-3,6-7,12H2,(H2,13,17,18). The molecule has 0 bridgehead atoms. The van der Waals surface area contributed by atoms with Gasteiger partial charge in [-0.25, -0.2) is 22.0 Å². The lowest BCUT2D eigenvalue weighted by Crippen LogP contribution is -2.25. The Labute approximate surface area is 118 Å². The lowest BCUT2D eigenvalue weighted by atomic mass is 10.2. The minimum absolute atomic E-state index is 0.00500. The van der Waals surface area contributed by atoms with Crippen LogP contribution >= 0.6 is 0 Å². The number of para-hydroxylation sites is 1. The van der Waals surface area contributed by atoms with E-state index in [2.05, 4.69) is 5.32 Å². The molecule has 0 aromatic heterocycles. The fraction of sp³-hybridized carbons (Fsp3) is 0.455. The van der Waals surface area contributed by atoms with Crippen molar-refractivity contribution in [1.82, 2.24) is 0 Å². The topological polar surface area (TPSA) is 132 Å². The highest BCUT2D eigenvalue weighted by Gasteiger charge is 2.31. The van der Waals surface area contributed by atoms with Crippen molar-refractivity contribution in [3.8, 4) is 0 Å². The Bertz CT molecular complexity index is 713. The molecule has 2 rings (SSSR count). The number of anilines is 2. The molecule has 1 heterocycles. The summed E-state index contributed by atoms with van der Waals surface area (Å²) in [5, 5.41) is 7.50. The minimum Gasteiger partial charge on any atom is -0.396 e. The fourth-order valence-electron chi connectivity index (χ4n) is 2.26. The smallest absolute Gasteiger partial charge is 0.240 e. The third-order valence-electron chi connectivity index (χ3n) is 3.36. The highest BCUT2D eigenvalue weighted by atomic mass is 32.2. The number of sulfone groups is 1. The van der Waals surface area contributed by atoms with Gasteiger partial charge in [0.25, 0.3) is 0 Å². The SMILES string of the molecule is Nc1c(NCC2CCCS2(=O)=O)cccc1S(N)(=O)=O. The summed E-state index contributed by atoms with van der Waals surface area (Å²) in [6.45, 7) is 0.209. The predicted octanol–water partition coefficient (Wildman–Crippen LogP) is -0.0947. The summed E-state index contributed by atoms with van der Waals surface area (Å²) in [5.41, 5.74) is 6.13. The van der Waals surface area contributed by atoms with Crippen molar-refractivity contribution in [1.29, 1.82) is 0 Å². The molecule has 20 heavy (non-hydrogen) atoms. The molecule has 0 saturated carbocycles. The van der Waals surface area contributed by atoms with E-state index in [0.717, 1.165) is 0 Å². The Morgan fingerprint density at radius 3 is 2.60 bits per heavy atom. The third-order valence-corrected chi connectivity index (χ3v) is 6.60. The first kappa shape index (κ1) is 15.1. The molecule has 1 aliphatic heterocycles. The monoisotopic (exact) mass is 319 g/mol. The van der Waals surface area contributed by atoms with Crippen LogP contribution in [0.2, 0.25) is 0 Å². The molecule has 0 spiro atoms. The molecule has 1 atom stereocenters. The van der Waals surface area contributed by atoms with Crippen molar-refractivity contribution in [3.05, 3.63) is 18.2 Å². The van der Waals surface area contributed by atoms with E-state index < -0.39 is 25.1 Å². The van der Waals surface area contributed by atoms with Gasteiger partial charge in [-0.3, -0.25) is 0 Å². The lowest BCUT2D eigenvalue weighted by Gasteiger charge is -2.15. The van der Waals surface area contributed by atoms with Gasteiger partial charge in [-0.05, 0) is 25.0 Å². The molecule has 112 valence electrons. The minimum atomic E-state index is -3.90. The van der Waals surface area contributed by atoms with Crippen molar-refractivity contribution in [2.75, 3.05) is 23.3 Å². The number of hydrogen-bond acceptors (Lipinski definition) is 6. The maximum absolute atomic E-state index is 11.7. The first-order chi connectivity index (χ1) is 9.22. The van der Waals surface area contributed by atoms with Crippen LogP contribution in [-0.2, 0) is 19.9 Å². The maximum atomic E-state index is 11.7. The summed E-state index contributed by atoms with van der Waals surface area (Å²) in [6, 6.07) is 4.40. The van der Waals surface area contributed by atoms with Gasteiger partial charge in [-0.2, -0.15) is 0 Å². The van der Waals surface area contributed by atoms with Gasteiger partial charge in [0.1, 0.15) is 4.90 Å². The first-order valence-corrected chi connectivity index (χ1v) is 9.35. The quantitative estimate of drug-likeness (QED) is 0.664. The summed E-state index contributed by atoms with van der Waals surface area (Å²) < 4.78 is 46.1. The fourth-order valence-corrected chi connectivity index (χ4v) is 4.71. The molecule has 1 fully saturated rings. The highest BCUT2D eigenvalue weighted by molar-refractivity contribution is 7.92. The number of rotatable bonds is 4. The zero-order valence-corrected chi connectivity index (χ0v) is 12.4. The molecule has 0 amide bonds. The molecule has 0 aliphatic carbocycles. The van der Waals surface area contributed by atoms with Crippen LogP contribution in [0.25, 0.3) is 0 Å². The number of nitrogen functional groups attached to an aromatic ring is 1. The third kappa shape index (κ3) is 3.05. The van der Waals surface area contributed by atoms with Crippen molar-refractivity contribution < 1.29 is 16.8 Å². The van der Waals surface area contributed by atoms with Crippen molar-refractivity contribution in [3.63, 3.8) is 0 Å². The normalized spacial score (nSPS) is 21.8. The largest absolute Gasteiger partial charge is 0.396 e. The number of sulfonamides is 1. The van der Waals surface area contributed by atoms with E-state index in [-0.39, 0.29) is 22.9 Å². The highest BCUT2D eigenvalue weighted by Crippen LogP contribution is 2.27. The Hall–Kier alpha value is -1.32. The second-order valence-electron chi connectivity index (χ2n) is 4.77. The van der Waals surface area contributed by atoms with Crippen LogP contribution in [0, 0.1) is 0 Å². The van der Waals surface area contributed by atoms with E-state index in [9.17, 15) is 16.8 Å². The molecule has 1 unspecified atom stereocenters. The van der Waals surface area contributed by atoms with Crippen LogP contribution in [0.5, 0.6) is 0 Å². The summed E-state index contributed by atoms with van der Waals surface area (Å²) in [7, 11) is -6.95. The molecule has 7 nitrogen and oxygen atoms in total. The van der Waals surface area contributed by atoms with Crippen molar-refractivity contribution in [2.24, 2.45) is 5.14 Å². The van der Waals surface area contributed by atoms with E-state index in [4.69, 9.17) is 10.9 Å². The number of nitrogens with two attached hydrogens (primary N) is 2. The van der Waals surface area contributed by atoms with Gasteiger partial charge < -0.3 is 11.1 Å². The zero-order valence-electron chi connectivity index (χ0n) is 10.7. The molecule has 5 N–H and O–H groups in total. The van der Waals surface area contributed by atoms with E-state index in [1.54, 1.807) is 6.07 Å². The molecular formula is C11H17N3O4S2. The number of nitrogens with one attached hydrogen (secondary N) is 1. The zero-order chi connectivity index (χ0) is 15.0. The van der Waals surface area contributed by atoms with Gasteiger partial charge in [-0.15, -0.1) is 0 Å². The Balaban J connectivity index is 2.19. The molecule has 9 heteroatoms. The number of hydrogen-bond donors (Lipinski definition) is 3. The van der Waals surface area contributed by atoms with E-state index >= 15 is 0 Å². The molecule has 1 aromatic rings. The number of primary sulfonamides is 1. The predicted molar refractivity (Wildman–Crippen MR) is 77.5 cm³/mol. The van der Waals surface area contributed by atoms with Crippen LogP contribution in [0.3, 0.4) is 0 Å². The van der Waals surface area contributed by atoms with Gasteiger partial charge in [0.2, 0.25) is 10.0 Å². The van der Waals surface area contributed by atoms with Crippen LogP contribution in [0.4, 0.5) is 11.4 Å². The van der Waals surface area contributed by atoms with E-state index in [0.29, 0.717) is 18.5 Å². The van der Waals surface area contributed by atoms with Crippen LogP contribution in [-0.4, -0.2) is 34.4 Å². The van der Waals surface area contributed by atoms with Crippen LogP contribution < -0.4 is 16.2 Å². The van der Waals surface area contributed by atoms with Crippen LogP contribution in [0.1, 0.15) is 12.8 Å². The number of benzene rings is 1. The van der Waals surface area contributed by atoms with Gasteiger partial charge in [0, 0.05) is 6.54 Å². The summed E-state index contributed by atoms with van der Waals surface area (Å²) in [6.07, 6.45) is 1.26. The second-order valence-corrected chi connectivity index (χ2v) is 8.70. The van der Waals surface area contributed by atoms with Gasteiger partial charge in [0.05, 0.1) is 22.4 Å². The Morgan fingerprint density at radius 2 is 2.05 bits per heavy atom. The Morgan fingerprint density at radius 1 is 1.35 bits per heavy atom. The average molecular weight is 319 g/mol. The van der Waals surface area contributed by atoms with Crippen molar-refractivity contribution >= 4 is 31.2 Å². The van der Waals surface area contributed by atoms with Gasteiger partial charge in [0.15, 0.2) is 9.84 Å². The maximum Gasteiger partial charge on any atom is 0.240 e. The van der Waals surface area contributed by atoms with Crippen molar-refractivity contribution in [2.45, 2.75) is 23.0 Å². The second kappa shape index (κ2) is 5.23. The van der Waals surface area contributed by atoms with E-state index in [1.807, 2.05) is 0 Å². The summed E-state index contributed by atoms with van der Waals surface area (Å²) in [5.74, 6) is 0.200. The summed E-state index contributed by atoms with van der Waals surface area (Å²) in [4.78, 5) is -0.170. The summed E-state index contributed by atoms with van der Waals surface area (Å²) >= 11 is 0. The van der Waals surface area contributed by atoms with Gasteiger partial charge >= 0.3 is 0 Å². The molecule has 0 radical (unpaired) electrons. The van der Waals surface area contributed by atoms with Gasteiger partial charge in [-0.1, -0.05) is 6.07 Å². The molecular weight excluding hydrogens is 302 g/mol. The molecule has 1 saturated heterocycles. The Kier molecular flexibility index (Phi) is 3.94. The van der Waals surface area contributed by atoms with E-state index in [1.165, 1.54) is 12.1 Å². The lowest BCUT2D eigenvalue weighted by molar-refractivity contribution is 0.590.